The highest BCUT2D eigenvalue weighted by Gasteiger charge is 2.32. The number of rotatable bonds is 6. The first kappa shape index (κ1) is 24.2. The van der Waals surface area contributed by atoms with E-state index in [2.05, 4.69) is 5.32 Å². The van der Waals surface area contributed by atoms with Crippen LogP contribution < -0.4 is 11.1 Å². The van der Waals surface area contributed by atoms with Gasteiger partial charge in [0.25, 0.3) is 0 Å². The third-order valence-electron chi connectivity index (χ3n) is 6.19. The standard InChI is InChI=1S/C24H24F3N5O.H2S/c25-16-5-3-15(4-6-16)22-23(29-17-7-8-18(26)19(27)12-17)32-10-9-31(13-21(32)30-22)24(33)20(28)11-14-1-2-14;/h3-8,12,14,20,29H,1-2,9-11,13,28H2;1H2/t20-;/m0./s1. The molecule has 1 aromatic heterocycles. The maximum Gasteiger partial charge on any atom is 0.239 e. The van der Waals surface area contributed by atoms with Crippen LogP contribution in [0.25, 0.3) is 11.3 Å². The Labute approximate surface area is 202 Å². The highest BCUT2D eigenvalue weighted by molar-refractivity contribution is 7.59. The summed E-state index contributed by atoms with van der Waals surface area (Å²) in [5, 5.41) is 3.13. The number of benzene rings is 2. The van der Waals surface area contributed by atoms with E-state index in [0.717, 1.165) is 25.0 Å². The molecule has 10 heteroatoms. The summed E-state index contributed by atoms with van der Waals surface area (Å²) >= 11 is 0. The number of carbonyl (C=O) groups excluding carboxylic acids is 1. The second kappa shape index (κ2) is 9.71. The topological polar surface area (TPSA) is 76.2 Å². The molecule has 0 unspecified atom stereocenters. The van der Waals surface area contributed by atoms with E-state index in [4.69, 9.17) is 10.7 Å². The van der Waals surface area contributed by atoms with Gasteiger partial charge in [-0.2, -0.15) is 13.5 Å². The largest absolute Gasteiger partial charge is 0.340 e. The molecule has 1 fully saturated rings. The SMILES string of the molecule is N[C@@H](CC1CC1)C(=O)N1CCn2c(nc(-c3ccc(F)cc3)c2Nc2ccc(F)c(F)c2)C1.S. The molecule has 2 heterocycles. The van der Waals surface area contributed by atoms with Crippen LogP contribution in [0.15, 0.2) is 42.5 Å². The highest BCUT2D eigenvalue weighted by Crippen LogP contribution is 2.35. The van der Waals surface area contributed by atoms with Crippen molar-refractivity contribution in [3.8, 4) is 11.3 Å². The van der Waals surface area contributed by atoms with E-state index in [1.807, 2.05) is 4.57 Å². The van der Waals surface area contributed by atoms with Crippen molar-refractivity contribution in [3.63, 3.8) is 0 Å². The molecule has 1 amide bonds. The van der Waals surface area contributed by atoms with Crippen molar-refractivity contribution in [2.45, 2.75) is 38.4 Å². The van der Waals surface area contributed by atoms with Gasteiger partial charge in [0.15, 0.2) is 11.6 Å². The molecule has 0 spiro atoms. The normalized spacial score (nSPS) is 15.9. The van der Waals surface area contributed by atoms with E-state index in [0.29, 0.717) is 54.0 Å². The van der Waals surface area contributed by atoms with Crippen LogP contribution in [0.4, 0.5) is 24.7 Å². The molecule has 1 aliphatic carbocycles. The Balaban J connectivity index is 0.00000274. The first-order chi connectivity index (χ1) is 15.9. The Kier molecular flexibility index (Phi) is 6.90. The smallest absolute Gasteiger partial charge is 0.239 e. The van der Waals surface area contributed by atoms with Gasteiger partial charge in [-0.3, -0.25) is 4.79 Å². The van der Waals surface area contributed by atoms with Gasteiger partial charge in [0, 0.05) is 30.4 Å². The van der Waals surface area contributed by atoms with E-state index >= 15 is 0 Å². The molecule has 1 saturated carbocycles. The molecule has 180 valence electrons. The van der Waals surface area contributed by atoms with E-state index in [1.54, 1.807) is 17.0 Å². The van der Waals surface area contributed by atoms with Gasteiger partial charge < -0.3 is 20.5 Å². The molecule has 2 aliphatic rings. The maximum absolute atomic E-state index is 13.8. The quantitative estimate of drug-likeness (QED) is 0.542. The van der Waals surface area contributed by atoms with Crippen LogP contribution in [0.5, 0.6) is 0 Å². The van der Waals surface area contributed by atoms with Gasteiger partial charge in [-0.25, -0.2) is 18.2 Å². The lowest BCUT2D eigenvalue weighted by Gasteiger charge is -2.30. The number of carbonyl (C=O) groups is 1. The monoisotopic (exact) mass is 489 g/mol. The van der Waals surface area contributed by atoms with Crippen molar-refractivity contribution in [3.05, 3.63) is 65.7 Å². The fraction of sp³-hybridized carbons (Fsp3) is 0.333. The van der Waals surface area contributed by atoms with Crippen LogP contribution in [0.3, 0.4) is 0 Å². The summed E-state index contributed by atoms with van der Waals surface area (Å²) in [7, 11) is 0. The summed E-state index contributed by atoms with van der Waals surface area (Å²) < 4.78 is 42.6. The van der Waals surface area contributed by atoms with Gasteiger partial charge in [-0.15, -0.1) is 0 Å². The van der Waals surface area contributed by atoms with Crippen molar-refractivity contribution in [2.24, 2.45) is 11.7 Å². The Morgan fingerprint density at radius 1 is 1.09 bits per heavy atom. The van der Waals surface area contributed by atoms with Crippen LogP contribution >= 0.6 is 13.5 Å². The number of imidazole rings is 1. The van der Waals surface area contributed by atoms with Gasteiger partial charge in [0.05, 0.1) is 12.6 Å². The number of anilines is 2. The minimum absolute atomic E-state index is 0. The summed E-state index contributed by atoms with van der Waals surface area (Å²) in [6, 6.07) is 8.91. The Bertz CT molecular complexity index is 1200. The molecule has 0 radical (unpaired) electrons. The number of fused-ring (bicyclic) bond motifs is 1. The second-order valence-corrected chi connectivity index (χ2v) is 8.68. The summed E-state index contributed by atoms with van der Waals surface area (Å²) in [6.45, 7) is 1.19. The van der Waals surface area contributed by atoms with Crippen molar-refractivity contribution >= 4 is 30.9 Å². The van der Waals surface area contributed by atoms with Crippen molar-refractivity contribution in [1.82, 2.24) is 14.5 Å². The number of nitrogens with zero attached hydrogens (tertiary/aromatic N) is 3. The minimum atomic E-state index is -0.969. The number of halogens is 3. The lowest BCUT2D eigenvalue weighted by atomic mass is 10.1. The molecular formula is C24H26F3N5OS. The lowest BCUT2D eigenvalue weighted by Crippen LogP contribution is -2.47. The minimum Gasteiger partial charge on any atom is -0.340 e. The molecule has 34 heavy (non-hydrogen) atoms. The molecule has 0 bridgehead atoms. The molecule has 0 saturated heterocycles. The van der Waals surface area contributed by atoms with E-state index in [9.17, 15) is 18.0 Å². The number of aromatic nitrogens is 2. The molecule has 1 aliphatic heterocycles. The van der Waals surface area contributed by atoms with Crippen molar-refractivity contribution in [2.75, 3.05) is 11.9 Å². The average Bonchev–Trinajstić information content (AvgIpc) is 3.55. The molecule has 1 atom stereocenters. The zero-order chi connectivity index (χ0) is 23.1. The van der Waals surface area contributed by atoms with E-state index in [-0.39, 0.29) is 31.8 Å². The third kappa shape index (κ3) is 4.92. The average molecular weight is 490 g/mol. The van der Waals surface area contributed by atoms with Crippen LogP contribution in [0.2, 0.25) is 0 Å². The van der Waals surface area contributed by atoms with Crippen LogP contribution in [0.1, 0.15) is 25.1 Å². The lowest BCUT2D eigenvalue weighted by molar-refractivity contribution is -0.134. The Morgan fingerprint density at radius 3 is 2.50 bits per heavy atom. The van der Waals surface area contributed by atoms with Gasteiger partial charge in [0.1, 0.15) is 23.2 Å². The molecule has 6 nitrogen and oxygen atoms in total. The first-order valence-electron chi connectivity index (χ1n) is 11.0. The van der Waals surface area contributed by atoms with Gasteiger partial charge in [-0.1, -0.05) is 12.8 Å². The number of hydrogen-bond donors (Lipinski definition) is 2. The van der Waals surface area contributed by atoms with Crippen molar-refractivity contribution < 1.29 is 18.0 Å². The molecule has 5 rings (SSSR count). The van der Waals surface area contributed by atoms with Gasteiger partial charge in [0.2, 0.25) is 5.91 Å². The predicted octanol–water partition coefficient (Wildman–Crippen LogP) is 4.29. The predicted molar refractivity (Wildman–Crippen MR) is 128 cm³/mol. The Morgan fingerprint density at radius 2 is 1.82 bits per heavy atom. The van der Waals surface area contributed by atoms with Gasteiger partial charge >= 0.3 is 0 Å². The second-order valence-electron chi connectivity index (χ2n) is 8.68. The Hall–Kier alpha value is -2.98. The van der Waals surface area contributed by atoms with Gasteiger partial charge in [-0.05, 0) is 48.7 Å². The number of hydrogen-bond acceptors (Lipinski definition) is 4. The summed E-state index contributed by atoms with van der Waals surface area (Å²) in [4.78, 5) is 19.3. The fourth-order valence-electron chi connectivity index (χ4n) is 4.21. The third-order valence-corrected chi connectivity index (χ3v) is 6.19. The summed E-state index contributed by atoms with van der Waals surface area (Å²) in [5.41, 5.74) is 7.69. The van der Waals surface area contributed by atoms with E-state index in [1.165, 1.54) is 18.2 Å². The van der Waals surface area contributed by atoms with Crippen molar-refractivity contribution in [1.29, 1.82) is 0 Å². The molecule has 3 aromatic rings. The maximum atomic E-state index is 13.8. The molecule has 2 aromatic carbocycles. The molecular weight excluding hydrogens is 463 g/mol. The fourth-order valence-corrected chi connectivity index (χ4v) is 4.21. The van der Waals surface area contributed by atoms with Crippen LogP contribution in [-0.4, -0.2) is 32.9 Å². The van der Waals surface area contributed by atoms with Crippen LogP contribution in [0, 0.1) is 23.4 Å². The number of nitrogens with one attached hydrogen (secondary N) is 1. The van der Waals surface area contributed by atoms with E-state index < -0.39 is 17.7 Å². The highest BCUT2D eigenvalue weighted by atomic mass is 32.1. The van der Waals surface area contributed by atoms with Crippen LogP contribution in [-0.2, 0) is 17.9 Å². The summed E-state index contributed by atoms with van der Waals surface area (Å²) in [5.74, 6) is -0.620. The molecule has 3 N–H and O–H groups in total. The number of nitrogens with two attached hydrogens (primary N) is 1. The summed E-state index contributed by atoms with van der Waals surface area (Å²) in [6.07, 6.45) is 2.96. The zero-order valence-corrected chi connectivity index (χ0v) is 19.4. The number of amides is 1. The first-order valence-corrected chi connectivity index (χ1v) is 11.0. The zero-order valence-electron chi connectivity index (χ0n) is 18.4.